The van der Waals surface area contributed by atoms with Crippen LogP contribution in [0.25, 0.3) is 6.08 Å². The second-order valence-electron chi connectivity index (χ2n) is 5.65. The van der Waals surface area contributed by atoms with Gasteiger partial charge in [-0.3, -0.25) is 19.8 Å². The molecule has 1 saturated heterocycles. The molecule has 1 aromatic heterocycles. The van der Waals surface area contributed by atoms with E-state index in [0.717, 1.165) is 0 Å². The molecular weight excluding hydrogens is 396 g/mol. The van der Waals surface area contributed by atoms with Crippen LogP contribution in [0.15, 0.2) is 76.1 Å². The van der Waals surface area contributed by atoms with Crippen molar-refractivity contribution >= 4 is 56.8 Å². The lowest BCUT2D eigenvalue weighted by molar-refractivity contribution is -0.384. The number of benzene rings is 2. The van der Waals surface area contributed by atoms with Crippen molar-refractivity contribution in [3.05, 3.63) is 86.8 Å². The number of nitro benzene ring substituents is 1. The molecule has 4 rings (SSSR count). The van der Waals surface area contributed by atoms with E-state index in [4.69, 9.17) is 0 Å². The molecule has 0 saturated carbocycles. The van der Waals surface area contributed by atoms with Crippen molar-refractivity contribution < 1.29 is 9.72 Å². The quantitative estimate of drug-likeness (QED) is 0.349. The van der Waals surface area contributed by atoms with Crippen LogP contribution in [0.1, 0.15) is 5.56 Å². The Bertz CT molecular complexity index is 1100. The van der Waals surface area contributed by atoms with Gasteiger partial charge in [0.25, 0.3) is 11.6 Å². The van der Waals surface area contributed by atoms with E-state index in [9.17, 15) is 14.9 Å². The third-order valence-corrected chi connectivity index (χ3v) is 5.44. The maximum Gasteiger partial charge on any atom is 0.271 e. The lowest BCUT2D eigenvalue weighted by atomic mass is 10.2. The van der Waals surface area contributed by atoms with Crippen LogP contribution in [0, 0.1) is 10.1 Å². The first kappa shape index (κ1) is 18.1. The van der Waals surface area contributed by atoms with Gasteiger partial charge in [-0.25, -0.2) is 4.98 Å². The molecule has 0 aliphatic carbocycles. The maximum atomic E-state index is 13.1. The number of aliphatic imine (C=N–C) groups is 1. The lowest BCUT2D eigenvalue weighted by Gasteiger charge is -2.14. The molecule has 1 amide bonds. The molecule has 0 atom stereocenters. The number of hydrogen-bond donors (Lipinski definition) is 0. The predicted octanol–water partition coefficient (Wildman–Crippen LogP) is 4.86. The number of carbonyl (C=O) groups excluding carboxylic acids is 1. The molecule has 2 aromatic carbocycles. The number of aromatic nitrogens is 1. The topological polar surface area (TPSA) is 88.7 Å². The fourth-order valence-corrected chi connectivity index (χ4v) is 4.13. The van der Waals surface area contributed by atoms with Crippen LogP contribution >= 0.6 is 23.1 Å². The Balaban J connectivity index is 1.75. The number of thioether (sulfide) groups is 1. The molecular formula is C19H12N4O3S2. The monoisotopic (exact) mass is 408 g/mol. The van der Waals surface area contributed by atoms with Gasteiger partial charge < -0.3 is 0 Å². The summed E-state index contributed by atoms with van der Waals surface area (Å²) in [6, 6.07) is 15.4. The number of amides is 1. The summed E-state index contributed by atoms with van der Waals surface area (Å²) in [5, 5.41) is 13.9. The molecule has 1 aliphatic rings. The van der Waals surface area contributed by atoms with Gasteiger partial charge in [0.1, 0.15) is 0 Å². The van der Waals surface area contributed by atoms with E-state index < -0.39 is 4.92 Å². The number of carbonyl (C=O) groups is 1. The molecule has 0 spiro atoms. The molecule has 0 bridgehead atoms. The maximum absolute atomic E-state index is 13.1. The number of para-hydroxylation sites is 1. The van der Waals surface area contributed by atoms with Gasteiger partial charge in [0.05, 0.1) is 15.5 Å². The van der Waals surface area contributed by atoms with Crippen molar-refractivity contribution in [2.24, 2.45) is 4.99 Å². The Morgan fingerprint density at radius 1 is 1.14 bits per heavy atom. The molecule has 3 aromatic rings. The fraction of sp³-hybridized carbons (Fsp3) is 0. The van der Waals surface area contributed by atoms with Crippen molar-refractivity contribution in [2.75, 3.05) is 4.90 Å². The van der Waals surface area contributed by atoms with Gasteiger partial charge in [0.2, 0.25) is 5.13 Å². The minimum absolute atomic E-state index is 0.0265. The minimum Gasteiger partial charge on any atom is -0.268 e. The highest BCUT2D eigenvalue weighted by atomic mass is 32.2. The van der Waals surface area contributed by atoms with Crippen LogP contribution in [-0.2, 0) is 4.79 Å². The second-order valence-corrected chi connectivity index (χ2v) is 7.53. The van der Waals surface area contributed by atoms with Crippen LogP contribution in [-0.4, -0.2) is 21.0 Å². The zero-order valence-corrected chi connectivity index (χ0v) is 15.9. The Morgan fingerprint density at radius 3 is 2.68 bits per heavy atom. The van der Waals surface area contributed by atoms with Gasteiger partial charge in [-0.15, -0.1) is 11.3 Å². The Kier molecular flexibility index (Phi) is 5.00. The van der Waals surface area contributed by atoms with Crippen molar-refractivity contribution in [2.45, 2.75) is 0 Å². The second kappa shape index (κ2) is 7.75. The number of nitro groups is 1. The number of nitrogens with zero attached hydrogens (tertiary/aromatic N) is 4. The van der Waals surface area contributed by atoms with Crippen LogP contribution in [0.2, 0.25) is 0 Å². The highest BCUT2D eigenvalue weighted by Gasteiger charge is 2.35. The van der Waals surface area contributed by atoms with E-state index in [1.807, 2.05) is 35.7 Å². The van der Waals surface area contributed by atoms with Crippen LogP contribution in [0.4, 0.5) is 16.5 Å². The number of non-ortho nitro benzene ring substituents is 1. The number of hydrogen-bond acceptors (Lipinski definition) is 7. The Hall–Kier alpha value is -3.30. The molecule has 28 heavy (non-hydrogen) atoms. The van der Waals surface area contributed by atoms with Gasteiger partial charge >= 0.3 is 0 Å². The highest BCUT2D eigenvalue weighted by Crippen LogP contribution is 2.37. The van der Waals surface area contributed by atoms with E-state index in [2.05, 4.69) is 9.98 Å². The predicted molar refractivity (Wildman–Crippen MR) is 112 cm³/mol. The number of rotatable bonds is 4. The van der Waals surface area contributed by atoms with Gasteiger partial charge in [-0.2, -0.15) is 4.99 Å². The van der Waals surface area contributed by atoms with Crippen LogP contribution in [0.3, 0.4) is 0 Å². The molecule has 0 radical (unpaired) electrons. The molecule has 9 heteroatoms. The number of amidine groups is 1. The molecule has 2 heterocycles. The zero-order valence-electron chi connectivity index (χ0n) is 14.3. The Labute approximate surface area is 168 Å². The van der Waals surface area contributed by atoms with Crippen molar-refractivity contribution in [3.8, 4) is 0 Å². The minimum atomic E-state index is -0.461. The third kappa shape index (κ3) is 3.71. The van der Waals surface area contributed by atoms with E-state index in [0.29, 0.717) is 26.5 Å². The standard InChI is InChI=1S/C19H12N4O3S2/c24-17-16(12-13-5-4-8-15(11-13)23(25)26)28-19(21-18-20-9-10-27-18)22(17)14-6-2-1-3-7-14/h1-12H/b16-12-,21-19+. The first-order valence-corrected chi connectivity index (χ1v) is 9.83. The normalized spacial score (nSPS) is 16.9. The van der Waals surface area contributed by atoms with Gasteiger partial charge in [0, 0.05) is 23.7 Å². The largest absolute Gasteiger partial charge is 0.271 e. The molecule has 0 unspecified atom stereocenters. The summed E-state index contributed by atoms with van der Waals surface area (Å²) in [6.07, 6.45) is 3.29. The molecule has 1 aliphatic heterocycles. The van der Waals surface area contributed by atoms with Gasteiger partial charge in [-0.05, 0) is 35.5 Å². The first-order valence-electron chi connectivity index (χ1n) is 8.13. The summed E-state index contributed by atoms with van der Waals surface area (Å²) >= 11 is 2.59. The smallest absolute Gasteiger partial charge is 0.268 e. The lowest BCUT2D eigenvalue weighted by Crippen LogP contribution is -2.28. The van der Waals surface area contributed by atoms with Crippen molar-refractivity contribution in [1.29, 1.82) is 0 Å². The van der Waals surface area contributed by atoms with Gasteiger partial charge in [-0.1, -0.05) is 30.3 Å². The summed E-state index contributed by atoms with van der Waals surface area (Å²) in [5.74, 6) is -0.238. The zero-order chi connectivity index (χ0) is 19.5. The van der Waals surface area contributed by atoms with Gasteiger partial charge in [0.15, 0.2) is 5.17 Å². The number of anilines is 1. The summed E-state index contributed by atoms with van der Waals surface area (Å²) in [5.41, 5.74) is 1.24. The summed E-state index contributed by atoms with van der Waals surface area (Å²) in [4.78, 5) is 34.2. The van der Waals surface area contributed by atoms with Crippen molar-refractivity contribution in [3.63, 3.8) is 0 Å². The van der Waals surface area contributed by atoms with Crippen LogP contribution < -0.4 is 4.90 Å². The average Bonchev–Trinajstić information content (AvgIpc) is 3.31. The van der Waals surface area contributed by atoms with E-state index in [1.165, 1.54) is 40.1 Å². The molecule has 7 nitrogen and oxygen atoms in total. The van der Waals surface area contributed by atoms with Crippen molar-refractivity contribution in [1.82, 2.24) is 4.98 Å². The first-order chi connectivity index (χ1) is 13.6. The third-order valence-electron chi connectivity index (χ3n) is 3.81. The van der Waals surface area contributed by atoms with E-state index in [1.54, 1.807) is 24.4 Å². The average molecular weight is 408 g/mol. The summed E-state index contributed by atoms with van der Waals surface area (Å²) < 4.78 is 0. The summed E-state index contributed by atoms with van der Waals surface area (Å²) in [7, 11) is 0. The van der Waals surface area contributed by atoms with E-state index >= 15 is 0 Å². The number of thiazole rings is 1. The fourth-order valence-electron chi connectivity index (χ4n) is 2.59. The Morgan fingerprint density at radius 2 is 1.96 bits per heavy atom. The molecule has 1 fully saturated rings. The summed E-state index contributed by atoms with van der Waals surface area (Å²) in [6.45, 7) is 0. The van der Waals surface area contributed by atoms with E-state index in [-0.39, 0.29) is 11.6 Å². The highest BCUT2D eigenvalue weighted by molar-refractivity contribution is 8.19. The SMILES string of the molecule is O=C1/C(=C/c2cccc([N+](=O)[O-])c2)S/C(=N/c2nccs2)N1c1ccccc1. The van der Waals surface area contributed by atoms with Crippen LogP contribution in [0.5, 0.6) is 0 Å². The molecule has 138 valence electrons. The molecule has 0 N–H and O–H groups in total.